The summed E-state index contributed by atoms with van der Waals surface area (Å²) in [5.74, 6) is -1.10. The lowest BCUT2D eigenvalue weighted by Gasteiger charge is -2.14. The van der Waals surface area contributed by atoms with Crippen molar-refractivity contribution in [3.8, 4) is 0 Å². The number of alkyl halides is 3. The lowest BCUT2D eigenvalue weighted by Crippen LogP contribution is -2.17. The van der Waals surface area contributed by atoms with Gasteiger partial charge in [-0.25, -0.2) is 9.97 Å². The van der Waals surface area contributed by atoms with Crippen molar-refractivity contribution in [3.05, 3.63) is 73.6 Å². The summed E-state index contributed by atoms with van der Waals surface area (Å²) in [6, 6.07) is 7.65. The molecule has 10 nitrogen and oxygen atoms in total. The van der Waals surface area contributed by atoms with Gasteiger partial charge in [-0.05, 0) is 19.1 Å². The van der Waals surface area contributed by atoms with Crippen LogP contribution in [-0.4, -0.2) is 25.7 Å². The maximum Gasteiger partial charge on any atom is 0.277 e. The fourth-order valence-electron chi connectivity index (χ4n) is 2.58. The van der Waals surface area contributed by atoms with E-state index in [-0.39, 0.29) is 17.2 Å². The van der Waals surface area contributed by atoms with Crippen LogP contribution in [0.4, 0.5) is 17.2 Å². The highest BCUT2D eigenvalue weighted by atomic mass is 35.6. The first-order chi connectivity index (χ1) is 14.0. The monoisotopic (exact) mass is 469 g/mol. The molecule has 13 heteroatoms. The number of anilines is 1. The second-order valence-electron chi connectivity index (χ2n) is 6.12. The first kappa shape index (κ1) is 21.6. The summed E-state index contributed by atoms with van der Waals surface area (Å²) in [5, 5.41) is 25.0. The zero-order valence-corrected chi connectivity index (χ0v) is 17.2. The van der Waals surface area contributed by atoms with Crippen molar-refractivity contribution in [2.45, 2.75) is 10.7 Å². The Bertz CT molecular complexity index is 1180. The van der Waals surface area contributed by atoms with Crippen LogP contribution in [0, 0.1) is 27.2 Å². The zero-order valence-electron chi connectivity index (χ0n) is 14.9. The minimum atomic E-state index is -1.98. The van der Waals surface area contributed by atoms with E-state index < -0.39 is 30.9 Å². The number of hydrogen-bond acceptors (Lipinski definition) is 7. The number of aromatic nitrogens is 2. The molecule has 0 fully saturated rings. The highest BCUT2D eigenvalue weighted by Crippen LogP contribution is 2.38. The molecule has 1 aromatic heterocycles. The van der Waals surface area contributed by atoms with Crippen molar-refractivity contribution in [3.63, 3.8) is 0 Å². The van der Waals surface area contributed by atoms with Gasteiger partial charge in [-0.3, -0.25) is 25.0 Å². The van der Waals surface area contributed by atoms with Gasteiger partial charge in [0.05, 0.1) is 27.0 Å². The van der Waals surface area contributed by atoms with Gasteiger partial charge in [0.2, 0.25) is 3.79 Å². The summed E-state index contributed by atoms with van der Waals surface area (Å²) in [4.78, 5) is 41.4. The minimum absolute atomic E-state index is 0.0239. The number of rotatable bonds is 4. The maximum absolute atomic E-state index is 12.7. The molecule has 2 aromatic carbocycles. The summed E-state index contributed by atoms with van der Waals surface area (Å²) in [5.41, 5.74) is -0.336. The van der Waals surface area contributed by atoms with Crippen LogP contribution in [0.2, 0.25) is 0 Å². The fourth-order valence-corrected chi connectivity index (χ4v) is 2.83. The molecule has 0 atom stereocenters. The maximum atomic E-state index is 12.7. The van der Waals surface area contributed by atoms with Crippen molar-refractivity contribution in [1.82, 2.24) is 9.97 Å². The van der Waals surface area contributed by atoms with E-state index in [9.17, 15) is 25.0 Å². The Morgan fingerprint density at radius 1 is 1.00 bits per heavy atom. The zero-order chi connectivity index (χ0) is 22.2. The molecule has 0 spiro atoms. The lowest BCUT2D eigenvalue weighted by molar-refractivity contribution is -0.394. The number of fused-ring (bicyclic) bond motifs is 1. The Labute approximate surface area is 183 Å². The van der Waals surface area contributed by atoms with E-state index in [2.05, 4.69) is 15.3 Å². The highest BCUT2D eigenvalue weighted by molar-refractivity contribution is 6.66. The van der Waals surface area contributed by atoms with Crippen molar-refractivity contribution in [1.29, 1.82) is 0 Å². The molecule has 3 rings (SSSR count). The average Bonchev–Trinajstić information content (AvgIpc) is 2.66. The standard InChI is InChI=1S/C17H10Cl3N5O5/c1-8-2-3-13-12(4-8)14(23-16(21-13)17(18,19)20)22-15(26)9-5-10(24(27)28)7-11(6-9)25(29)30/h2-7H,1H3,(H,21,22,23,26). The number of benzene rings is 2. The number of halogens is 3. The van der Waals surface area contributed by atoms with Crippen LogP contribution >= 0.6 is 34.8 Å². The Kier molecular flexibility index (Phi) is 5.75. The van der Waals surface area contributed by atoms with Crippen LogP contribution in [0.5, 0.6) is 0 Å². The molecule has 30 heavy (non-hydrogen) atoms. The largest absolute Gasteiger partial charge is 0.306 e. The van der Waals surface area contributed by atoms with Crippen molar-refractivity contribution in [2.24, 2.45) is 0 Å². The molecule has 1 heterocycles. The van der Waals surface area contributed by atoms with Gasteiger partial charge in [-0.15, -0.1) is 0 Å². The lowest BCUT2D eigenvalue weighted by atomic mass is 10.1. The van der Waals surface area contributed by atoms with E-state index in [4.69, 9.17) is 34.8 Å². The van der Waals surface area contributed by atoms with E-state index in [0.29, 0.717) is 10.9 Å². The molecule has 0 radical (unpaired) electrons. The number of carbonyl (C=O) groups is 1. The van der Waals surface area contributed by atoms with Gasteiger partial charge in [0.25, 0.3) is 17.3 Å². The molecule has 3 aromatic rings. The number of carbonyl (C=O) groups excluding carboxylic acids is 1. The van der Waals surface area contributed by atoms with E-state index in [1.54, 1.807) is 25.1 Å². The third kappa shape index (κ3) is 4.56. The van der Waals surface area contributed by atoms with Gasteiger partial charge >= 0.3 is 0 Å². The Hall–Kier alpha value is -3.08. The number of hydrogen-bond donors (Lipinski definition) is 1. The van der Waals surface area contributed by atoms with Gasteiger partial charge in [0, 0.05) is 17.5 Å². The first-order valence-electron chi connectivity index (χ1n) is 8.06. The number of nitrogens with one attached hydrogen (secondary N) is 1. The smallest absolute Gasteiger partial charge is 0.277 e. The van der Waals surface area contributed by atoms with Gasteiger partial charge in [0.1, 0.15) is 5.82 Å². The Morgan fingerprint density at radius 2 is 1.60 bits per heavy atom. The SMILES string of the molecule is Cc1ccc2nc(C(Cl)(Cl)Cl)nc(NC(=O)c3cc([N+](=O)[O-])cc([N+](=O)[O-])c3)c2c1. The minimum Gasteiger partial charge on any atom is -0.306 e. The summed E-state index contributed by atoms with van der Waals surface area (Å²) in [6.07, 6.45) is 0. The number of nitrogens with zero attached hydrogens (tertiary/aromatic N) is 4. The predicted octanol–water partition coefficient (Wildman–Crippen LogP) is 4.83. The van der Waals surface area contributed by atoms with Crippen molar-refractivity contribution in [2.75, 3.05) is 5.32 Å². The Balaban J connectivity index is 2.12. The number of aryl methyl sites for hydroxylation is 1. The van der Waals surface area contributed by atoms with E-state index >= 15 is 0 Å². The molecule has 1 N–H and O–H groups in total. The molecule has 154 valence electrons. The van der Waals surface area contributed by atoms with Crippen LogP contribution in [0.1, 0.15) is 21.7 Å². The van der Waals surface area contributed by atoms with Crippen LogP contribution < -0.4 is 5.32 Å². The summed E-state index contributed by atoms with van der Waals surface area (Å²) >= 11 is 17.6. The number of non-ortho nitro benzene ring substituents is 2. The second kappa shape index (κ2) is 7.98. The van der Waals surface area contributed by atoms with Crippen LogP contribution in [0.3, 0.4) is 0 Å². The number of amides is 1. The quantitative estimate of drug-likeness (QED) is 0.327. The second-order valence-corrected chi connectivity index (χ2v) is 8.40. The molecule has 0 saturated heterocycles. The molecular formula is C17H10Cl3N5O5. The number of nitro groups is 2. The van der Waals surface area contributed by atoms with Gasteiger partial charge in [-0.2, -0.15) is 0 Å². The average molecular weight is 471 g/mol. The molecule has 0 bridgehead atoms. The summed E-state index contributed by atoms with van der Waals surface area (Å²) in [7, 11) is 0. The molecule has 1 amide bonds. The third-order valence-electron chi connectivity index (χ3n) is 3.92. The van der Waals surface area contributed by atoms with Crippen molar-refractivity contribution >= 4 is 68.8 Å². The molecule has 0 aliphatic rings. The van der Waals surface area contributed by atoms with E-state index in [0.717, 1.165) is 23.8 Å². The van der Waals surface area contributed by atoms with E-state index in [1.807, 2.05) is 0 Å². The predicted molar refractivity (Wildman–Crippen MR) is 111 cm³/mol. The number of nitro benzene ring substituents is 2. The molecule has 0 aliphatic carbocycles. The third-order valence-corrected chi connectivity index (χ3v) is 4.43. The van der Waals surface area contributed by atoms with Gasteiger partial charge in [-0.1, -0.05) is 46.4 Å². The molecule has 0 saturated carbocycles. The molecule has 0 aliphatic heterocycles. The summed E-state index contributed by atoms with van der Waals surface area (Å²) in [6.45, 7) is 1.80. The van der Waals surface area contributed by atoms with Crippen LogP contribution in [0.15, 0.2) is 36.4 Å². The van der Waals surface area contributed by atoms with Crippen LogP contribution in [0.25, 0.3) is 10.9 Å². The Morgan fingerprint density at radius 3 is 2.13 bits per heavy atom. The van der Waals surface area contributed by atoms with Gasteiger partial charge in [0.15, 0.2) is 5.82 Å². The normalized spacial score (nSPS) is 11.3. The fraction of sp³-hybridized carbons (Fsp3) is 0.118. The molecular weight excluding hydrogens is 461 g/mol. The first-order valence-corrected chi connectivity index (χ1v) is 9.20. The molecule has 0 unspecified atom stereocenters. The summed E-state index contributed by atoms with van der Waals surface area (Å²) < 4.78 is -1.98. The van der Waals surface area contributed by atoms with Crippen LogP contribution in [-0.2, 0) is 3.79 Å². The van der Waals surface area contributed by atoms with E-state index in [1.165, 1.54) is 0 Å². The van der Waals surface area contributed by atoms with Crippen molar-refractivity contribution < 1.29 is 14.6 Å². The topological polar surface area (TPSA) is 141 Å². The van der Waals surface area contributed by atoms with Gasteiger partial charge < -0.3 is 5.32 Å². The highest BCUT2D eigenvalue weighted by Gasteiger charge is 2.29.